The number of likely N-dealkylation sites (tertiary alicyclic amines) is 1. The number of carbonyl (C=O) groups is 1. The van der Waals surface area contributed by atoms with Crippen LogP contribution in [0.3, 0.4) is 0 Å². The zero-order valence-electron chi connectivity index (χ0n) is 16.5. The lowest BCUT2D eigenvalue weighted by molar-refractivity contribution is 0.0696. The third-order valence-corrected chi connectivity index (χ3v) is 5.22. The largest absolute Gasteiger partial charge is 0.372 e. The fraction of sp³-hybridized carbons (Fsp3) is 0.476. The van der Waals surface area contributed by atoms with Crippen molar-refractivity contribution < 1.29 is 4.79 Å². The molecule has 0 radical (unpaired) electrons. The molecule has 2 aromatic rings. The van der Waals surface area contributed by atoms with E-state index in [9.17, 15) is 4.79 Å². The third-order valence-electron chi connectivity index (χ3n) is 5.22. The zero-order valence-corrected chi connectivity index (χ0v) is 16.5. The van der Waals surface area contributed by atoms with Gasteiger partial charge >= 0.3 is 0 Å². The summed E-state index contributed by atoms with van der Waals surface area (Å²) in [4.78, 5) is 25.4. The number of benzene rings is 1. The molecule has 6 heteroatoms. The number of aromatic nitrogens is 2. The number of piperidine rings is 1. The number of nitrogens with zero attached hydrogens (tertiary/aromatic N) is 4. The van der Waals surface area contributed by atoms with Crippen LogP contribution in [0.2, 0.25) is 0 Å². The van der Waals surface area contributed by atoms with Crippen molar-refractivity contribution >= 4 is 23.2 Å². The molecule has 1 aromatic heterocycles. The topological polar surface area (TPSA) is 61.4 Å². The van der Waals surface area contributed by atoms with Gasteiger partial charge in [-0.1, -0.05) is 6.92 Å². The van der Waals surface area contributed by atoms with Crippen LogP contribution in [0.1, 0.15) is 44.0 Å². The standard InChI is InChI=1S/C21H29N5O/c1-4-25(5-2)19-8-6-18(7-9-19)24-21-22-14-17(15-23-21)20(27)26-12-10-16(3)11-13-26/h6-9,14-16H,4-5,10-13H2,1-3H3,(H,22,23,24). The minimum absolute atomic E-state index is 0.0250. The maximum Gasteiger partial charge on any atom is 0.256 e. The average Bonchev–Trinajstić information content (AvgIpc) is 2.71. The van der Waals surface area contributed by atoms with Gasteiger partial charge in [0.25, 0.3) is 5.91 Å². The van der Waals surface area contributed by atoms with Crippen molar-refractivity contribution in [2.75, 3.05) is 36.4 Å². The summed E-state index contributed by atoms with van der Waals surface area (Å²) in [6.07, 6.45) is 5.35. The average molecular weight is 367 g/mol. The molecule has 0 bridgehead atoms. The molecule has 27 heavy (non-hydrogen) atoms. The highest BCUT2D eigenvalue weighted by Gasteiger charge is 2.21. The van der Waals surface area contributed by atoms with Crippen molar-refractivity contribution in [1.82, 2.24) is 14.9 Å². The molecule has 1 aromatic carbocycles. The van der Waals surface area contributed by atoms with Gasteiger partial charge in [-0.3, -0.25) is 4.79 Å². The Bertz CT molecular complexity index is 732. The lowest BCUT2D eigenvalue weighted by atomic mass is 9.99. The first kappa shape index (κ1) is 19.1. The van der Waals surface area contributed by atoms with Crippen molar-refractivity contribution in [3.63, 3.8) is 0 Å². The quantitative estimate of drug-likeness (QED) is 0.838. The van der Waals surface area contributed by atoms with Gasteiger partial charge in [0.15, 0.2) is 0 Å². The highest BCUT2D eigenvalue weighted by molar-refractivity contribution is 5.93. The predicted octanol–water partition coefficient (Wildman–Crippen LogP) is 3.94. The molecule has 1 fully saturated rings. The van der Waals surface area contributed by atoms with Gasteiger partial charge in [0, 0.05) is 49.9 Å². The van der Waals surface area contributed by atoms with Gasteiger partial charge in [0.05, 0.1) is 5.56 Å². The van der Waals surface area contributed by atoms with E-state index >= 15 is 0 Å². The Labute approximate surface area is 161 Å². The van der Waals surface area contributed by atoms with Gasteiger partial charge in [-0.25, -0.2) is 9.97 Å². The zero-order chi connectivity index (χ0) is 19.2. The summed E-state index contributed by atoms with van der Waals surface area (Å²) in [5.41, 5.74) is 2.67. The second-order valence-electron chi connectivity index (χ2n) is 7.11. The number of amides is 1. The van der Waals surface area contributed by atoms with Gasteiger partial charge in [0.1, 0.15) is 0 Å². The van der Waals surface area contributed by atoms with Crippen LogP contribution in [0.15, 0.2) is 36.7 Å². The molecule has 1 N–H and O–H groups in total. The Hall–Kier alpha value is -2.63. The maximum atomic E-state index is 12.6. The summed E-state index contributed by atoms with van der Waals surface area (Å²) in [7, 11) is 0. The molecular formula is C21H29N5O. The first-order chi connectivity index (χ1) is 13.1. The third kappa shape index (κ3) is 4.76. The molecule has 2 heterocycles. The molecule has 0 unspecified atom stereocenters. The minimum Gasteiger partial charge on any atom is -0.372 e. The van der Waals surface area contributed by atoms with Crippen molar-refractivity contribution in [3.05, 3.63) is 42.2 Å². The van der Waals surface area contributed by atoms with Crippen LogP contribution in [0.25, 0.3) is 0 Å². The van der Waals surface area contributed by atoms with Crippen LogP contribution in [0.4, 0.5) is 17.3 Å². The van der Waals surface area contributed by atoms with E-state index in [1.807, 2.05) is 17.0 Å². The number of rotatable bonds is 6. The molecule has 1 saturated heterocycles. The number of hydrogen-bond donors (Lipinski definition) is 1. The Morgan fingerprint density at radius 2 is 1.70 bits per heavy atom. The molecule has 3 rings (SSSR count). The molecule has 0 atom stereocenters. The van der Waals surface area contributed by atoms with E-state index in [2.05, 4.69) is 53.1 Å². The van der Waals surface area contributed by atoms with Crippen LogP contribution >= 0.6 is 0 Å². The van der Waals surface area contributed by atoms with Crippen molar-refractivity contribution in [3.8, 4) is 0 Å². The van der Waals surface area contributed by atoms with Crippen LogP contribution in [-0.4, -0.2) is 47.0 Å². The van der Waals surface area contributed by atoms with Crippen LogP contribution in [0, 0.1) is 5.92 Å². The van der Waals surface area contributed by atoms with Gasteiger partial charge < -0.3 is 15.1 Å². The van der Waals surface area contributed by atoms with Crippen molar-refractivity contribution in [2.45, 2.75) is 33.6 Å². The molecule has 1 amide bonds. The van der Waals surface area contributed by atoms with E-state index in [0.29, 0.717) is 17.4 Å². The second-order valence-corrected chi connectivity index (χ2v) is 7.11. The fourth-order valence-electron chi connectivity index (χ4n) is 3.37. The number of hydrogen-bond acceptors (Lipinski definition) is 5. The number of carbonyl (C=O) groups excluding carboxylic acids is 1. The summed E-state index contributed by atoms with van der Waals surface area (Å²) in [6, 6.07) is 8.21. The molecule has 1 aliphatic heterocycles. The summed E-state index contributed by atoms with van der Waals surface area (Å²) in [5.74, 6) is 1.22. The molecule has 0 saturated carbocycles. The summed E-state index contributed by atoms with van der Waals surface area (Å²) in [5, 5.41) is 3.19. The summed E-state index contributed by atoms with van der Waals surface area (Å²) < 4.78 is 0. The molecular weight excluding hydrogens is 338 g/mol. The van der Waals surface area contributed by atoms with E-state index in [4.69, 9.17) is 0 Å². The minimum atomic E-state index is 0.0250. The lowest BCUT2D eigenvalue weighted by Crippen LogP contribution is -2.38. The normalized spacial score (nSPS) is 14.9. The molecule has 0 aliphatic carbocycles. The van der Waals surface area contributed by atoms with Gasteiger partial charge in [-0.2, -0.15) is 0 Å². The van der Waals surface area contributed by atoms with E-state index in [1.165, 1.54) is 5.69 Å². The Morgan fingerprint density at radius 3 is 2.26 bits per heavy atom. The van der Waals surface area contributed by atoms with E-state index in [1.54, 1.807) is 12.4 Å². The Balaban J connectivity index is 1.61. The lowest BCUT2D eigenvalue weighted by Gasteiger charge is -2.30. The molecule has 1 aliphatic rings. The highest BCUT2D eigenvalue weighted by Crippen LogP contribution is 2.20. The maximum absolute atomic E-state index is 12.6. The number of nitrogens with one attached hydrogen (secondary N) is 1. The monoisotopic (exact) mass is 367 g/mol. The molecule has 6 nitrogen and oxygen atoms in total. The SMILES string of the molecule is CCN(CC)c1ccc(Nc2ncc(C(=O)N3CCC(C)CC3)cn2)cc1. The van der Waals surface area contributed by atoms with Gasteiger partial charge in [-0.15, -0.1) is 0 Å². The Morgan fingerprint density at radius 1 is 1.11 bits per heavy atom. The smallest absolute Gasteiger partial charge is 0.256 e. The fourth-order valence-corrected chi connectivity index (χ4v) is 3.37. The van der Waals surface area contributed by atoms with Crippen molar-refractivity contribution in [1.29, 1.82) is 0 Å². The Kier molecular flexibility index (Phi) is 6.27. The predicted molar refractivity (Wildman–Crippen MR) is 110 cm³/mol. The first-order valence-electron chi connectivity index (χ1n) is 9.84. The van der Waals surface area contributed by atoms with Crippen LogP contribution < -0.4 is 10.2 Å². The number of anilines is 3. The van der Waals surface area contributed by atoms with Gasteiger partial charge in [0.2, 0.25) is 5.95 Å². The second kappa shape index (κ2) is 8.84. The molecule has 144 valence electrons. The highest BCUT2D eigenvalue weighted by atomic mass is 16.2. The van der Waals surface area contributed by atoms with E-state index in [0.717, 1.165) is 44.7 Å². The van der Waals surface area contributed by atoms with Crippen LogP contribution in [-0.2, 0) is 0 Å². The van der Waals surface area contributed by atoms with Crippen molar-refractivity contribution in [2.24, 2.45) is 5.92 Å². The van der Waals surface area contributed by atoms with E-state index in [-0.39, 0.29) is 5.91 Å². The van der Waals surface area contributed by atoms with Crippen LogP contribution in [0.5, 0.6) is 0 Å². The summed E-state index contributed by atoms with van der Waals surface area (Å²) in [6.45, 7) is 10.1. The molecule has 0 spiro atoms. The van der Waals surface area contributed by atoms with Gasteiger partial charge in [-0.05, 0) is 56.9 Å². The van der Waals surface area contributed by atoms with E-state index < -0.39 is 0 Å². The first-order valence-corrected chi connectivity index (χ1v) is 9.84. The summed E-state index contributed by atoms with van der Waals surface area (Å²) >= 11 is 0.